The molecular weight excluding hydrogens is 220 g/mol. The van der Waals surface area contributed by atoms with Gasteiger partial charge in [-0.05, 0) is 13.0 Å². The van der Waals surface area contributed by atoms with Gasteiger partial charge in [0.05, 0.1) is 16.9 Å². The number of nitro benzene ring substituents is 1. The van der Waals surface area contributed by atoms with Gasteiger partial charge >= 0.3 is 0 Å². The van der Waals surface area contributed by atoms with Crippen LogP contribution in [0.4, 0.5) is 11.4 Å². The van der Waals surface area contributed by atoms with E-state index in [2.05, 4.69) is 4.72 Å². The van der Waals surface area contributed by atoms with Gasteiger partial charge in [-0.15, -0.1) is 0 Å². The summed E-state index contributed by atoms with van der Waals surface area (Å²) < 4.78 is 23.9. The van der Waals surface area contributed by atoms with Gasteiger partial charge in [0, 0.05) is 11.6 Å². The van der Waals surface area contributed by atoms with E-state index in [1.165, 1.54) is 18.2 Å². The fourth-order valence-corrected chi connectivity index (χ4v) is 1.64. The van der Waals surface area contributed by atoms with Gasteiger partial charge in [0.25, 0.3) is 5.69 Å². The Morgan fingerprint density at radius 2 is 2.00 bits per heavy atom. The number of rotatable bonds is 3. The van der Waals surface area contributed by atoms with Crippen LogP contribution in [0.2, 0.25) is 0 Å². The SMILES string of the molecule is Cc1ccc(NS(C)(=O)=O)cc1[N+](=O)[O-]. The highest BCUT2D eigenvalue weighted by molar-refractivity contribution is 7.92. The molecule has 0 saturated carbocycles. The van der Waals surface area contributed by atoms with Crippen LogP contribution in [0.25, 0.3) is 0 Å². The molecule has 1 N–H and O–H groups in total. The summed E-state index contributed by atoms with van der Waals surface area (Å²) in [5.74, 6) is 0. The standard InChI is InChI=1S/C8H10N2O4S/c1-6-3-4-7(9-15(2,13)14)5-8(6)10(11)12/h3-5,9H,1-2H3. The minimum absolute atomic E-state index is 0.108. The van der Waals surface area contributed by atoms with Gasteiger partial charge in [-0.25, -0.2) is 8.42 Å². The van der Waals surface area contributed by atoms with E-state index in [1.54, 1.807) is 6.92 Å². The number of hydrogen-bond donors (Lipinski definition) is 1. The number of nitrogens with zero attached hydrogens (tertiary/aromatic N) is 1. The maximum Gasteiger partial charge on any atom is 0.274 e. The molecule has 0 radical (unpaired) electrons. The van der Waals surface area contributed by atoms with Crippen LogP contribution < -0.4 is 4.72 Å². The van der Waals surface area contributed by atoms with Crippen molar-refractivity contribution in [1.29, 1.82) is 0 Å². The zero-order valence-corrected chi connectivity index (χ0v) is 9.04. The Balaban J connectivity index is 3.14. The smallest absolute Gasteiger partial charge is 0.274 e. The number of benzene rings is 1. The number of sulfonamides is 1. The van der Waals surface area contributed by atoms with Gasteiger partial charge in [-0.1, -0.05) is 6.07 Å². The van der Waals surface area contributed by atoms with E-state index in [4.69, 9.17) is 0 Å². The summed E-state index contributed by atoms with van der Waals surface area (Å²) in [6.07, 6.45) is 0.985. The molecule has 0 unspecified atom stereocenters. The summed E-state index contributed by atoms with van der Waals surface area (Å²) in [6.45, 7) is 1.59. The Morgan fingerprint density at radius 1 is 1.40 bits per heavy atom. The maximum atomic E-state index is 10.9. The van der Waals surface area contributed by atoms with Crippen molar-refractivity contribution in [3.05, 3.63) is 33.9 Å². The molecule has 0 amide bonds. The van der Waals surface area contributed by atoms with Crippen LogP contribution >= 0.6 is 0 Å². The molecular formula is C8H10N2O4S. The van der Waals surface area contributed by atoms with Crippen LogP contribution in [-0.4, -0.2) is 19.6 Å². The quantitative estimate of drug-likeness (QED) is 0.625. The van der Waals surface area contributed by atoms with Gasteiger partial charge in [-0.3, -0.25) is 14.8 Å². The molecule has 0 saturated heterocycles. The van der Waals surface area contributed by atoms with Gasteiger partial charge in [-0.2, -0.15) is 0 Å². The molecule has 0 heterocycles. The van der Waals surface area contributed by atoms with Crippen LogP contribution in [0.1, 0.15) is 5.56 Å². The summed E-state index contributed by atoms with van der Waals surface area (Å²) in [5, 5.41) is 10.6. The van der Waals surface area contributed by atoms with Crippen LogP contribution in [0.3, 0.4) is 0 Å². The zero-order chi connectivity index (χ0) is 11.6. The molecule has 1 aromatic rings. The first-order chi connectivity index (χ1) is 6.79. The van der Waals surface area contributed by atoms with E-state index < -0.39 is 14.9 Å². The second-order valence-electron chi connectivity index (χ2n) is 3.13. The molecule has 0 aromatic heterocycles. The molecule has 1 aromatic carbocycles. The Bertz CT molecular complexity index is 495. The van der Waals surface area contributed by atoms with Crippen molar-refractivity contribution in [2.24, 2.45) is 0 Å². The second kappa shape index (κ2) is 3.85. The number of aryl methyl sites for hydroxylation is 1. The Morgan fingerprint density at radius 3 is 2.47 bits per heavy atom. The van der Waals surface area contributed by atoms with Gasteiger partial charge in [0.2, 0.25) is 10.0 Å². The summed E-state index contributed by atoms with van der Waals surface area (Å²) in [5.41, 5.74) is 0.567. The molecule has 82 valence electrons. The fraction of sp³-hybridized carbons (Fsp3) is 0.250. The highest BCUT2D eigenvalue weighted by atomic mass is 32.2. The van der Waals surface area contributed by atoms with Crippen molar-refractivity contribution in [2.45, 2.75) is 6.92 Å². The molecule has 0 atom stereocenters. The average Bonchev–Trinajstić information content (AvgIpc) is 2.05. The number of hydrogen-bond acceptors (Lipinski definition) is 4. The molecule has 15 heavy (non-hydrogen) atoms. The van der Waals surface area contributed by atoms with Crippen LogP contribution in [0.5, 0.6) is 0 Å². The lowest BCUT2D eigenvalue weighted by Gasteiger charge is -2.04. The molecule has 6 nitrogen and oxygen atoms in total. The van der Waals surface area contributed by atoms with E-state index in [9.17, 15) is 18.5 Å². The third-order valence-electron chi connectivity index (χ3n) is 1.71. The lowest BCUT2D eigenvalue weighted by atomic mass is 10.2. The van der Waals surface area contributed by atoms with E-state index in [0.29, 0.717) is 5.56 Å². The van der Waals surface area contributed by atoms with Crippen molar-refractivity contribution in [2.75, 3.05) is 11.0 Å². The van der Waals surface area contributed by atoms with E-state index in [1.807, 2.05) is 0 Å². The maximum absolute atomic E-state index is 10.9. The first-order valence-corrected chi connectivity index (χ1v) is 5.91. The van der Waals surface area contributed by atoms with Gasteiger partial charge < -0.3 is 0 Å². The predicted molar refractivity (Wildman–Crippen MR) is 56.3 cm³/mol. The Hall–Kier alpha value is -1.63. The Kier molecular flexibility index (Phi) is 2.94. The zero-order valence-electron chi connectivity index (χ0n) is 8.22. The number of anilines is 1. The Labute approximate surface area is 87.1 Å². The molecule has 0 aliphatic heterocycles. The molecule has 0 aliphatic rings. The first kappa shape index (κ1) is 11.4. The summed E-state index contributed by atoms with van der Waals surface area (Å²) in [7, 11) is -3.41. The largest absolute Gasteiger partial charge is 0.284 e. The average molecular weight is 230 g/mol. The molecule has 1 rings (SSSR count). The molecule has 0 fully saturated rings. The van der Waals surface area contributed by atoms with Gasteiger partial charge in [0.15, 0.2) is 0 Å². The normalized spacial score (nSPS) is 11.1. The van der Waals surface area contributed by atoms with Crippen molar-refractivity contribution < 1.29 is 13.3 Å². The van der Waals surface area contributed by atoms with Crippen molar-refractivity contribution in [1.82, 2.24) is 0 Å². The number of nitro groups is 1. The molecule has 0 bridgehead atoms. The first-order valence-electron chi connectivity index (χ1n) is 4.02. The van der Waals surface area contributed by atoms with Gasteiger partial charge in [0.1, 0.15) is 0 Å². The second-order valence-corrected chi connectivity index (χ2v) is 4.88. The highest BCUT2D eigenvalue weighted by Gasteiger charge is 2.12. The van der Waals surface area contributed by atoms with Crippen molar-refractivity contribution >= 4 is 21.4 Å². The van der Waals surface area contributed by atoms with E-state index >= 15 is 0 Å². The minimum atomic E-state index is -3.41. The van der Waals surface area contributed by atoms with Crippen LogP contribution in [0, 0.1) is 17.0 Å². The lowest BCUT2D eigenvalue weighted by molar-refractivity contribution is -0.385. The summed E-state index contributed by atoms with van der Waals surface area (Å²) >= 11 is 0. The molecule has 0 aliphatic carbocycles. The van der Waals surface area contributed by atoms with Crippen LogP contribution in [0.15, 0.2) is 18.2 Å². The molecule has 7 heteroatoms. The third kappa shape index (κ3) is 3.21. The summed E-state index contributed by atoms with van der Waals surface area (Å²) in [4.78, 5) is 10.0. The highest BCUT2D eigenvalue weighted by Crippen LogP contribution is 2.22. The van der Waals surface area contributed by atoms with Crippen molar-refractivity contribution in [3.63, 3.8) is 0 Å². The number of nitrogens with one attached hydrogen (secondary N) is 1. The third-order valence-corrected chi connectivity index (χ3v) is 2.32. The summed E-state index contributed by atoms with van der Waals surface area (Å²) in [6, 6.07) is 4.16. The predicted octanol–water partition coefficient (Wildman–Crippen LogP) is 1.27. The molecule has 0 spiro atoms. The minimum Gasteiger partial charge on any atom is -0.284 e. The monoisotopic (exact) mass is 230 g/mol. The fourth-order valence-electron chi connectivity index (χ4n) is 1.08. The lowest BCUT2D eigenvalue weighted by Crippen LogP contribution is -2.09. The van der Waals surface area contributed by atoms with E-state index in [0.717, 1.165) is 6.26 Å². The topological polar surface area (TPSA) is 89.3 Å². The van der Waals surface area contributed by atoms with E-state index in [-0.39, 0.29) is 11.4 Å². The van der Waals surface area contributed by atoms with Crippen LogP contribution in [-0.2, 0) is 10.0 Å². The van der Waals surface area contributed by atoms with Crippen molar-refractivity contribution in [3.8, 4) is 0 Å².